The molecule has 5 rings (SSSR count). The van der Waals surface area contributed by atoms with Crippen molar-refractivity contribution >= 4 is 17.6 Å². The van der Waals surface area contributed by atoms with E-state index in [1.807, 2.05) is 0 Å². The van der Waals surface area contributed by atoms with Crippen molar-refractivity contribution in [1.82, 2.24) is 9.80 Å². The minimum Gasteiger partial charge on any atom is -0.493 e. The summed E-state index contributed by atoms with van der Waals surface area (Å²) in [7, 11) is 5.90. The summed E-state index contributed by atoms with van der Waals surface area (Å²) in [5.74, 6) is 0.658. The molecule has 0 aromatic heterocycles. The number of hydrogen-bond donors (Lipinski definition) is 2. The van der Waals surface area contributed by atoms with Crippen molar-refractivity contribution in [2.75, 3.05) is 94.1 Å². The summed E-state index contributed by atoms with van der Waals surface area (Å²) in [5, 5.41) is 30.7. The van der Waals surface area contributed by atoms with Gasteiger partial charge in [-0.05, 0) is 74.3 Å². The van der Waals surface area contributed by atoms with Crippen LogP contribution < -0.4 is 28.4 Å². The van der Waals surface area contributed by atoms with Crippen LogP contribution in [0.3, 0.4) is 0 Å². The average molecular weight is 842 g/mol. The van der Waals surface area contributed by atoms with Gasteiger partial charge < -0.3 is 62.6 Å². The quantitative estimate of drug-likeness (QED) is 0.0637. The van der Waals surface area contributed by atoms with Gasteiger partial charge in [0.25, 0.3) is 5.69 Å². The van der Waals surface area contributed by atoms with Gasteiger partial charge in [0.05, 0.1) is 76.5 Å². The number of esters is 2. The Hall–Kier alpha value is -5.40. The molecule has 3 aromatic carbocycles. The number of aliphatic hydroxyl groups excluding tert-OH is 2. The van der Waals surface area contributed by atoms with E-state index in [0.717, 1.165) is 45.7 Å². The highest BCUT2D eigenvalue weighted by atomic mass is 16.6. The van der Waals surface area contributed by atoms with Gasteiger partial charge in [0.2, 0.25) is 11.5 Å². The topological polar surface area (TPSA) is 207 Å². The first kappa shape index (κ1) is 45.7. The molecule has 0 bridgehead atoms. The smallest absolute Gasteiger partial charge is 0.338 e. The fourth-order valence-electron chi connectivity index (χ4n) is 7.00. The molecule has 0 aliphatic carbocycles. The number of carbonyl (C=O) groups is 2. The number of nitro benzene ring substituents is 1. The van der Waals surface area contributed by atoms with Crippen molar-refractivity contribution < 1.29 is 67.4 Å². The van der Waals surface area contributed by atoms with E-state index < -0.39 is 35.2 Å². The summed E-state index contributed by atoms with van der Waals surface area (Å²) in [6, 6.07) is 12.0. The maximum Gasteiger partial charge on any atom is 0.338 e. The molecule has 0 saturated carbocycles. The van der Waals surface area contributed by atoms with Crippen molar-refractivity contribution in [3.05, 3.63) is 75.3 Å². The molecule has 328 valence electrons. The molecule has 2 aliphatic heterocycles. The van der Waals surface area contributed by atoms with Crippen LogP contribution in [-0.2, 0) is 20.8 Å². The van der Waals surface area contributed by atoms with E-state index in [-0.39, 0.29) is 68.0 Å². The summed E-state index contributed by atoms with van der Waals surface area (Å²) in [6.07, 6.45) is 0.433. The van der Waals surface area contributed by atoms with Gasteiger partial charge in [-0.2, -0.15) is 0 Å². The highest BCUT2D eigenvalue weighted by Gasteiger charge is 2.34. The number of hydrogen-bond acceptors (Lipinski definition) is 17. The molecule has 0 spiro atoms. The van der Waals surface area contributed by atoms with Gasteiger partial charge in [0.1, 0.15) is 19.3 Å². The molecule has 2 saturated heterocycles. The normalized spacial score (nSPS) is 18.3. The molecule has 0 radical (unpaired) electrons. The predicted molar refractivity (Wildman–Crippen MR) is 216 cm³/mol. The number of ether oxygens (including phenoxy) is 9. The Morgan fingerprint density at radius 1 is 0.767 bits per heavy atom. The lowest BCUT2D eigenvalue weighted by molar-refractivity contribution is -0.384. The third kappa shape index (κ3) is 12.6. The molecular formula is C42H55N3O15. The molecule has 2 N–H and O–H groups in total. The summed E-state index contributed by atoms with van der Waals surface area (Å²) < 4.78 is 50.6. The minimum atomic E-state index is -0.840. The summed E-state index contributed by atoms with van der Waals surface area (Å²) in [6.45, 7) is 5.14. The van der Waals surface area contributed by atoms with Crippen LogP contribution in [0.2, 0.25) is 0 Å². The van der Waals surface area contributed by atoms with Crippen molar-refractivity contribution in [1.29, 1.82) is 0 Å². The molecule has 3 aromatic rings. The largest absolute Gasteiger partial charge is 0.493 e. The van der Waals surface area contributed by atoms with Gasteiger partial charge in [-0.3, -0.25) is 10.1 Å². The standard InChI is InChI=1S/C42H55N3O15/c1-52-34-20-29(21-35(53-2)39(34)54-3)41(48)56-18-6-14-43-12-5-13-44(17-16-43)15-7-19-57-42(49)30-22-36(58-26-28-8-10-31(11-9-28)45(50)51)40(55-4)37(23-30)59-27-32-24-33(47)38(25-46)60-32/h8-11,20-23,32-33,38,46-47H,5-7,12-19,24-27H2,1-4H3/t32-,33+,38-/m1/s1. The van der Waals surface area contributed by atoms with E-state index >= 15 is 0 Å². The second kappa shape index (κ2) is 22.8. The Morgan fingerprint density at radius 2 is 1.28 bits per heavy atom. The van der Waals surface area contributed by atoms with Crippen LogP contribution in [0.5, 0.6) is 34.5 Å². The number of benzene rings is 3. The zero-order valence-electron chi connectivity index (χ0n) is 34.5. The van der Waals surface area contributed by atoms with Gasteiger partial charge in [0, 0.05) is 44.7 Å². The number of carbonyl (C=O) groups excluding carboxylic acids is 2. The third-order valence-electron chi connectivity index (χ3n) is 10.2. The van der Waals surface area contributed by atoms with Gasteiger partial charge in [-0.25, -0.2) is 9.59 Å². The van der Waals surface area contributed by atoms with Crippen molar-refractivity contribution in [3.8, 4) is 34.5 Å². The summed E-state index contributed by atoms with van der Waals surface area (Å²) >= 11 is 0. The zero-order chi connectivity index (χ0) is 43.0. The van der Waals surface area contributed by atoms with Crippen LogP contribution in [0.4, 0.5) is 5.69 Å². The predicted octanol–water partition coefficient (Wildman–Crippen LogP) is 3.90. The first-order valence-corrected chi connectivity index (χ1v) is 19.8. The highest BCUT2D eigenvalue weighted by Crippen LogP contribution is 2.40. The Balaban J connectivity index is 1.10. The summed E-state index contributed by atoms with van der Waals surface area (Å²) in [4.78, 5) is 41.4. The van der Waals surface area contributed by atoms with Crippen molar-refractivity contribution in [2.24, 2.45) is 0 Å². The molecule has 60 heavy (non-hydrogen) atoms. The molecule has 18 heteroatoms. The Bertz CT molecular complexity index is 1850. The lowest BCUT2D eigenvalue weighted by Crippen LogP contribution is -2.32. The van der Waals surface area contributed by atoms with E-state index in [9.17, 15) is 29.9 Å². The fraction of sp³-hybridized carbons (Fsp3) is 0.524. The lowest BCUT2D eigenvalue weighted by Gasteiger charge is -2.21. The molecule has 2 fully saturated rings. The molecule has 3 atom stereocenters. The lowest BCUT2D eigenvalue weighted by atomic mass is 10.1. The Labute approximate surface area is 348 Å². The van der Waals surface area contributed by atoms with Gasteiger partial charge in [0.15, 0.2) is 23.0 Å². The molecule has 2 aliphatic rings. The Kier molecular flexibility index (Phi) is 17.4. The molecule has 0 unspecified atom stereocenters. The van der Waals surface area contributed by atoms with Crippen molar-refractivity contribution in [2.45, 2.75) is 50.6 Å². The average Bonchev–Trinajstić information content (AvgIpc) is 3.48. The number of nitrogens with zero attached hydrogens (tertiary/aromatic N) is 3. The van der Waals surface area contributed by atoms with Crippen LogP contribution in [0.15, 0.2) is 48.5 Å². The van der Waals surface area contributed by atoms with E-state index in [1.165, 1.54) is 52.7 Å². The van der Waals surface area contributed by atoms with Crippen LogP contribution in [0.1, 0.15) is 52.0 Å². The monoisotopic (exact) mass is 841 g/mol. The first-order chi connectivity index (χ1) is 29.1. The second-order valence-electron chi connectivity index (χ2n) is 14.2. The van der Waals surface area contributed by atoms with Crippen LogP contribution in [0, 0.1) is 10.1 Å². The number of rotatable bonds is 22. The van der Waals surface area contributed by atoms with E-state index in [4.69, 9.17) is 42.6 Å². The van der Waals surface area contributed by atoms with Gasteiger partial charge >= 0.3 is 11.9 Å². The van der Waals surface area contributed by atoms with Crippen LogP contribution in [0.25, 0.3) is 0 Å². The molecule has 18 nitrogen and oxygen atoms in total. The maximum absolute atomic E-state index is 13.4. The van der Waals surface area contributed by atoms with Crippen LogP contribution >= 0.6 is 0 Å². The van der Waals surface area contributed by atoms with Crippen LogP contribution in [-0.4, -0.2) is 149 Å². The van der Waals surface area contributed by atoms with Gasteiger partial charge in [-0.1, -0.05) is 0 Å². The van der Waals surface area contributed by atoms with Crippen molar-refractivity contribution in [3.63, 3.8) is 0 Å². The van der Waals surface area contributed by atoms with Gasteiger partial charge in [-0.15, -0.1) is 0 Å². The third-order valence-corrected chi connectivity index (χ3v) is 10.2. The number of nitro groups is 1. The van der Waals surface area contributed by atoms with E-state index in [0.29, 0.717) is 41.2 Å². The molecular weight excluding hydrogens is 786 g/mol. The summed E-state index contributed by atoms with van der Waals surface area (Å²) in [5.41, 5.74) is 1.06. The number of methoxy groups -OCH3 is 4. The minimum absolute atomic E-state index is 0.00152. The molecule has 2 heterocycles. The Morgan fingerprint density at radius 3 is 1.77 bits per heavy atom. The maximum atomic E-state index is 13.4. The van der Waals surface area contributed by atoms with E-state index in [2.05, 4.69) is 9.80 Å². The number of non-ortho nitro benzene ring substituents is 1. The SMILES string of the molecule is COc1cc(C(=O)OCCCN2CCCN(CCCOC(=O)c3cc(OCc4ccc([N+](=O)[O-])cc4)c(OC)c(OC[C@H]4C[C@H](O)[C@@H](CO)O4)c3)CC2)cc(OC)c1OC. The zero-order valence-corrected chi connectivity index (χ0v) is 34.5. The second-order valence-corrected chi connectivity index (χ2v) is 14.2. The van der Waals surface area contributed by atoms with E-state index in [1.54, 1.807) is 24.3 Å². The number of aliphatic hydroxyl groups is 2. The fourth-order valence-corrected chi connectivity index (χ4v) is 7.00. The first-order valence-electron chi connectivity index (χ1n) is 19.8. The highest BCUT2D eigenvalue weighted by molar-refractivity contribution is 5.91. The molecule has 0 amide bonds.